The Hall–Kier alpha value is -1.27. The van der Waals surface area contributed by atoms with E-state index in [0.717, 1.165) is 19.3 Å². The first-order valence-electron chi connectivity index (χ1n) is 10.5. The van der Waals surface area contributed by atoms with Crippen molar-refractivity contribution in [3.63, 3.8) is 0 Å². The normalized spacial score (nSPS) is 24.0. The maximum Gasteiger partial charge on any atom is 0.306 e. The average molecular weight is 459 g/mol. The van der Waals surface area contributed by atoms with Gasteiger partial charge in [-0.15, -0.1) is 11.6 Å². The number of unbranched alkanes of at least 4 members (excludes halogenated alkanes) is 1. The molecule has 0 unspecified atom stereocenters. The molecule has 2 N–H and O–H groups in total. The van der Waals surface area contributed by atoms with E-state index in [1.165, 1.54) is 0 Å². The van der Waals surface area contributed by atoms with Crippen LogP contribution in [-0.2, 0) is 16.1 Å². The Morgan fingerprint density at radius 3 is 2.73 bits per heavy atom. The molecule has 2 rings (SSSR count). The molecule has 0 bridgehead atoms. The van der Waals surface area contributed by atoms with Gasteiger partial charge in [-0.2, -0.15) is 0 Å². The molecule has 1 aromatic rings. The molecule has 0 aromatic heterocycles. The number of esters is 1. The van der Waals surface area contributed by atoms with Gasteiger partial charge < -0.3 is 19.7 Å². The first-order chi connectivity index (χ1) is 14.3. The highest BCUT2D eigenvalue weighted by molar-refractivity contribution is 6.30. The average Bonchev–Trinajstić information content (AvgIpc) is 2.94. The third-order valence-corrected chi connectivity index (χ3v) is 5.95. The summed E-state index contributed by atoms with van der Waals surface area (Å²) in [6.45, 7) is 3.90. The Balaban J connectivity index is 1.82. The van der Waals surface area contributed by atoms with Crippen molar-refractivity contribution in [2.75, 3.05) is 6.61 Å². The van der Waals surface area contributed by atoms with E-state index in [0.29, 0.717) is 35.8 Å². The number of carbonyl (C=O) groups excluding carboxylic acids is 1. The van der Waals surface area contributed by atoms with Gasteiger partial charge in [0.25, 0.3) is 0 Å². The fourth-order valence-corrected chi connectivity index (χ4v) is 4.46. The Morgan fingerprint density at radius 1 is 1.27 bits per heavy atom. The van der Waals surface area contributed by atoms with E-state index < -0.39 is 6.10 Å². The van der Waals surface area contributed by atoms with Crippen molar-refractivity contribution in [2.45, 2.75) is 70.1 Å². The number of aliphatic hydroxyl groups is 2. The lowest BCUT2D eigenvalue weighted by Crippen LogP contribution is -2.27. The zero-order chi connectivity index (χ0) is 22.1. The second-order valence-corrected chi connectivity index (χ2v) is 9.05. The van der Waals surface area contributed by atoms with Gasteiger partial charge in [-0.05, 0) is 69.2 Å². The summed E-state index contributed by atoms with van der Waals surface area (Å²) < 4.78 is 11.0. The summed E-state index contributed by atoms with van der Waals surface area (Å²) >= 11 is 12.5. The van der Waals surface area contributed by atoms with Crippen molar-refractivity contribution in [3.05, 3.63) is 40.9 Å². The number of allylic oxidation sites excluding steroid dienone is 2. The molecule has 30 heavy (non-hydrogen) atoms. The van der Waals surface area contributed by atoms with Crippen LogP contribution in [-0.4, -0.2) is 40.4 Å². The van der Waals surface area contributed by atoms with Crippen molar-refractivity contribution in [1.29, 1.82) is 0 Å². The lowest BCUT2D eigenvalue weighted by atomic mass is 9.92. The van der Waals surface area contributed by atoms with Crippen molar-refractivity contribution in [1.82, 2.24) is 0 Å². The predicted octanol–water partition coefficient (Wildman–Crippen LogP) is 4.88. The molecule has 0 amide bonds. The van der Waals surface area contributed by atoms with E-state index in [-0.39, 0.29) is 35.9 Å². The minimum absolute atomic E-state index is 0.0798. The number of alkyl halides is 1. The van der Waals surface area contributed by atoms with Crippen molar-refractivity contribution in [2.24, 2.45) is 11.8 Å². The molecule has 1 aromatic carbocycles. The van der Waals surface area contributed by atoms with Crippen molar-refractivity contribution >= 4 is 29.2 Å². The lowest BCUT2D eigenvalue weighted by Gasteiger charge is -2.23. The number of halogens is 2. The molecule has 0 spiro atoms. The lowest BCUT2D eigenvalue weighted by molar-refractivity contribution is -0.147. The molecule has 7 heteroatoms. The summed E-state index contributed by atoms with van der Waals surface area (Å²) in [6.07, 6.45) is 6.75. The number of rotatable bonds is 11. The maximum absolute atomic E-state index is 11.5. The quantitative estimate of drug-likeness (QED) is 0.213. The summed E-state index contributed by atoms with van der Waals surface area (Å²) in [7, 11) is 0. The molecule has 1 saturated carbocycles. The standard InChI is InChI=1S/C23H32Cl2O5/c1-15(2)30-23(28)8-6-4-3-5-7-19-20(22(27)12-21(19)25)14-29-18-10-16(13-26)9-17(24)11-18/h3,5,9-11,15,19-22,26-27H,4,6-8,12-14H2,1-2H3/b5-3-/t19-,20-,21-,22-/m1/s1. The van der Waals surface area contributed by atoms with E-state index in [4.69, 9.17) is 32.7 Å². The zero-order valence-corrected chi connectivity index (χ0v) is 19.1. The number of carbonyl (C=O) groups is 1. The van der Waals surface area contributed by atoms with Crippen LogP contribution < -0.4 is 4.74 Å². The van der Waals surface area contributed by atoms with Gasteiger partial charge in [0, 0.05) is 22.7 Å². The minimum Gasteiger partial charge on any atom is -0.493 e. The molecule has 0 radical (unpaired) electrons. The number of aliphatic hydroxyl groups excluding tert-OH is 2. The van der Waals surface area contributed by atoms with E-state index in [1.54, 1.807) is 18.2 Å². The molecular weight excluding hydrogens is 427 g/mol. The Labute approximate surface area is 189 Å². The van der Waals surface area contributed by atoms with Crippen LogP contribution in [0.25, 0.3) is 0 Å². The number of hydrogen-bond donors (Lipinski definition) is 2. The molecular formula is C23H32Cl2O5. The Bertz CT molecular complexity index is 707. The van der Waals surface area contributed by atoms with Gasteiger partial charge >= 0.3 is 5.97 Å². The summed E-state index contributed by atoms with van der Waals surface area (Å²) in [5, 5.41) is 20.1. The second-order valence-electron chi connectivity index (χ2n) is 8.05. The summed E-state index contributed by atoms with van der Waals surface area (Å²) in [5.41, 5.74) is 0.677. The third-order valence-electron chi connectivity index (χ3n) is 5.23. The molecule has 5 nitrogen and oxygen atoms in total. The van der Waals surface area contributed by atoms with Crippen LogP contribution >= 0.6 is 23.2 Å². The molecule has 168 valence electrons. The van der Waals surface area contributed by atoms with Crippen LogP contribution in [0.5, 0.6) is 5.75 Å². The first kappa shape index (κ1) is 25.0. The number of ether oxygens (including phenoxy) is 2. The Kier molecular flexibility index (Phi) is 10.5. The minimum atomic E-state index is -0.520. The first-order valence-corrected chi connectivity index (χ1v) is 11.3. The number of benzene rings is 1. The van der Waals surface area contributed by atoms with Gasteiger partial charge in [0.1, 0.15) is 5.75 Å². The molecule has 1 aliphatic carbocycles. The van der Waals surface area contributed by atoms with Crippen molar-refractivity contribution in [3.8, 4) is 5.75 Å². The summed E-state index contributed by atoms with van der Waals surface area (Å²) in [4.78, 5) is 11.5. The van der Waals surface area contributed by atoms with Crippen LogP contribution in [0.2, 0.25) is 5.02 Å². The highest BCUT2D eigenvalue weighted by Crippen LogP contribution is 2.39. The van der Waals surface area contributed by atoms with Gasteiger partial charge in [0.15, 0.2) is 0 Å². The number of hydrogen-bond acceptors (Lipinski definition) is 5. The van der Waals surface area contributed by atoms with Gasteiger partial charge in [-0.3, -0.25) is 4.79 Å². The van der Waals surface area contributed by atoms with Gasteiger partial charge in [-0.1, -0.05) is 23.8 Å². The third kappa shape index (κ3) is 8.10. The van der Waals surface area contributed by atoms with Crippen LogP contribution in [0.15, 0.2) is 30.4 Å². The smallest absolute Gasteiger partial charge is 0.306 e. The van der Waals surface area contributed by atoms with E-state index >= 15 is 0 Å². The van der Waals surface area contributed by atoms with Crippen LogP contribution in [0.4, 0.5) is 0 Å². The summed E-state index contributed by atoms with van der Waals surface area (Å²) in [6, 6.07) is 5.12. The fourth-order valence-electron chi connectivity index (χ4n) is 3.74. The van der Waals surface area contributed by atoms with Gasteiger partial charge in [0.05, 0.1) is 25.4 Å². The SMILES string of the molecule is CC(C)OC(=O)CCC/C=C\C[C@@H]1[C@@H](COc2cc(Cl)cc(CO)c2)[C@H](O)C[C@H]1Cl. The van der Waals surface area contributed by atoms with Crippen molar-refractivity contribution < 1.29 is 24.5 Å². The van der Waals surface area contributed by atoms with Crippen LogP contribution in [0.1, 0.15) is 51.5 Å². The molecule has 0 saturated heterocycles. The fraction of sp³-hybridized carbons (Fsp3) is 0.609. The van der Waals surface area contributed by atoms with Gasteiger partial charge in [0.2, 0.25) is 0 Å². The molecule has 1 fully saturated rings. The second kappa shape index (κ2) is 12.6. The largest absolute Gasteiger partial charge is 0.493 e. The molecule has 1 aliphatic rings. The summed E-state index contributed by atoms with van der Waals surface area (Å²) in [5.74, 6) is 0.412. The predicted molar refractivity (Wildman–Crippen MR) is 119 cm³/mol. The monoisotopic (exact) mass is 458 g/mol. The molecule has 0 heterocycles. The van der Waals surface area contributed by atoms with E-state index in [2.05, 4.69) is 12.2 Å². The highest BCUT2D eigenvalue weighted by atomic mass is 35.5. The van der Waals surface area contributed by atoms with Gasteiger partial charge in [-0.25, -0.2) is 0 Å². The molecule has 4 atom stereocenters. The van der Waals surface area contributed by atoms with E-state index in [9.17, 15) is 15.0 Å². The highest BCUT2D eigenvalue weighted by Gasteiger charge is 2.41. The maximum atomic E-state index is 11.5. The van der Waals surface area contributed by atoms with Crippen LogP contribution in [0, 0.1) is 11.8 Å². The van der Waals surface area contributed by atoms with Crippen LogP contribution in [0.3, 0.4) is 0 Å². The topological polar surface area (TPSA) is 76.0 Å². The Morgan fingerprint density at radius 2 is 2.03 bits per heavy atom. The zero-order valence-electron chi connectivity index (χ0n) is 17.6. The van der Waals surface area contributed by atoms with E-state index in [1.807, 2.05) is 13.8 Å². The molecule has 0 aliphatic heterocycles.